The number of nitrogens with one attached hydrogen (secondary N) is 1. The fourth-order valence-corrected chi connectivity index (χ4v) is 2.63. The predicted octanol–water partition coefficient (Wildman–Crippen LogP) is 2.93. The Morgan fingerprint density at radius 2 is 2.21 bits per heavy atom. The number of fused-ring (bicyclic) bond motifs is 1. The normalized spacial score (nSPS) is 10.6. The van der Waals surface area contributed by atoms with E-state index in [0.29, 0.717) is 17.6 Å². The van der Waals surface area contributed by atoms with Crippen molar-refractivity contribution in [1.29, 1.82) is 0 Å². The number of pyridine rings is 1. The number of aromatic nitrogens is 3. The third-order valence-corrected chi connectivity index (χ3v) is 3.55. The van der Waals surface area contributed by atoms with Gasteiger partial charge in [-0.1, -0.05) is 0 Å². The van der Waals surface area contributed by atoms with E-state index in [1.165, 1.54) is 11.3 Å². The van der Waals surface area contributed by atoms with Crippen LogP contribution >= 0.6 is 27.3 Å². The Morgan fingerprint density at radius 3 is 3.00 bits per heavy atom. The lowest BCUT2D eigenvalue weighted by atomic mass is 10.4. The Bertz CT molecular complexity index is 732. The fraction of sp³-hybridized carbons (Fsp3) is 0. The van der Waals surface area contributed by atoms with Crippen molar-refractivity contribution < 1.29 is 4.74 Å². The molecule has 0 saturated carbocycles. The fourth-order valence-electron chi connectivity index (χ4n) is 1.53. The minimum absolute atomic E-state index is 0.313. The van der Waals surface area contributed by atoms with Crippen LogP contribution in [0.2, 0.25) is 0 Å². The summed E-state index contributed by atoms with van der Waals surface area (Å²) in [5.41, 5.74) is 2.43. The van der Waals surface area contributed by atoms with Gasteiger partial charge in [-0.3, -0.25) is 10.4 Å². The van der Waals surface area contributed by atoms with E-state index in [-0.39, 0.29) is 0 Å². The molecule has 0 aliphatic rings. The SMILES string of the molecule is NNc1nc(Oc2cncc(Br)c2)c2ccsc2n1. The lowest BCUT2D eigenvalue weighted by Gasteiger charge is -2.07. The summed E-state index contributed by atoms with van der Waals surface area (Å²) in [6.07, 6.45) is 3.29. The monoisotopic (exact) mass is 337 g/mol. The number of anilines is 1. The van der Waals surface area contributed by atoms with E-state index < -0.39 is 0 Å². The molecule has 96 valence electrons. The maximum atomic E-state index is 5.74. The van der Waals surface area contributed by atoms with E-state index in [1.54, 1.807) is 12.4 Å². The van der Waals surface area contributed by atoms with E-state index in [9.17, 15) is 0 Å². The number of hydrogen-bond acceptors (Lipinski definition) is 7. The minimum Gasteiger partial charge on any atom is -0.436 e. The highest BCUT2D eigenvalue weighted by atomic mass is 79.9. The van der Waals surface area contributed by atoms with Gasteiger partial charge in [-0.05, 0) is 33.4 Å². The van der Waals surface area contributed by atoms with Crippen molar-refractivity contribution in [2.45, 2.75) is 0 Å². The van der Waals surface area contributed by atoms with Crippen molar-refractivity contribution in [3.8, 4) is 11.6 Å². The number of halogens is 1. The number of hydrogen-bond donors (Lipinski definition) is 2. The summed E-state index contributed by atoms with van der Waals surface area (Å²) < 4.78 is 6.57. The molecule has 6 nitrogen and oxygen atoms in total. The Hall–Kier alpha value is -1.77. The predicted molar refractivity (Wildman–Crippen MR) is 77.2 cm³/mol. The second-order valence-electron chi connectivity index (χ2n) is 3.58. The Labute approximate surface area is 120 Å². The lowest BCUT2D eigenvalue weighted by molar-refractivity contribution is 0.466. The van der Waals surface area contributed by atoms with Crippen molar-refractivity contribution in [3.63, 3.8) is 0 Å². The smallest absolute Gasteiger partial charge is 0.241 e. The van der Waals surface area contributed by atoms with Crippen LogP contribution in [0.5, 0.6) is 11.6 Å². The van der Waals surface area contributed by atoms with Crippen molar-refractivity contribution in [1.82, 2.24) is 15.0 Å². The largest absolute Gasteiger partial charge is 0.436 e. The van der Waals surface area contributed by atoms with E-state index in [4.69, 9.17) is 10.6 Å². The van der Waals surface area contributed by atoms with Gasteiger partial charge < -0.3 is 4.74 Å². The molecule has 0 fully saturated rings. The number of nitrogens with zero attached hydrogens (tertiary/aromatic N) is 3. The van der Waals surface area contributed by atoms with E-state index in [0.717, 1.165) is 14.7 Å². The molecule has 0 aliphatic carbocycles. The van der Waals surface area contributed by atoms with Crippen molar-refractivity contribution in [2.24, 2.45) is 5.84 Å². The highest BCUT2D eigenvalue weighted by Gasteiger charge is 2.10. The van der Waals surface area contributed by atoms with E-state index in [1.807, 2.05) is 17.5 Å². The number of hydrazine groups is 1. The third-order valence-electron chi connectivity index (χ3n) is 2.31. The van der Waals surface area contributed by atoms with Crippen LogP contribution in [0, 0.1) is 0 Å². The van der Waals surface area contributed by atoms with Crippen LogP contribution in [0.4, 0.5) is 5.95 Å². The standard InChI is InChI=1S/C11H8BrN5OS/c12-6-3-7(5-14-4-6)18-9-8-1-2-19-10(8)16-11(15-9)17-13/h1-5H,13H2,(H,15,16,17). The summed E-state index contributed by atoms with van der Waals surface area (Å²) in [4.78, 5) is 13.3. The van der Waals surface area contributed by atoms with Gasteiger partial charge in [0.25, 0.3) is 0 Å². The molecular weight excluding hydrogens is 330 g/mol. The molecule has 8 heteroatoms. The summed E-state index contributed by atoms with van der Waals surface area (Å²) in [6.45, 7) is 0. The number of nitrogens with two attached hydrogens (primary N) is 1. The Morgan fingerprint density at radius 1 is 1.32 bits per heavy atom. The first-order valence-electron chi connectivity index (χ1n) is 5.26. The average molecular weight is 338 g/mol. The molecule has 0 spiro atoms. The van der Waals surface area contributed by atoms with E-state index in [2.05, 4.69) is 36.3 Å². The maximum Gasteiger partial charge on any atom is 0.241 e. The molecule has 3 aromatic rings. The van der Waals surface area contributed by atoms with Crippen LogP contribution in [0.25, 0.3) is 10.2 Å². The average Bonchev–Trinajstić information content (AvgIpc) is 2.87. The molecule has 0 aliphatic heterocycles. The van der Waals surface area contributed by atoms with Gasteiger partial charge in [-0.2, -0.15) is 4.98 Å². The Kier molecular flexibility index (Phi) is 3.28. The highest BCUT2D eigenvalue weighted by Crippen LogP contribution is 2.31. The summed E-state index contributed by atoms with van der Waals surface area (Å²) >= 11 is 4.83. The lowest BCUT2D eigenvalue weighted by Crippen LogP contribution is -2.10. The molecule has 3 aromatic heterocycles. The summed E-state index contributed by atoms with van der Waals surface area (Å²) in [5.74, 6) is 6.69. The first-order valence-corrected chi connectivity index (χ1v) is 6.94. The van der Waals surface area contributed by atoms with Gasteiger partial charge >= 0.3 is 0 Å². The summed E-state index contributed by atoms with van der Waals surface area (Å²) in [6, 6.07) is 3.71. The molecule has 3 N–H and O–H groups in total. The third kappa shape index (κ3) is 2.50. The molecule has 19 heavy (non-hydrogen) atoms. The minimum atomic E-state index is 0.313. The van der Waals surface area contributed by atoms with Gasteiger partial charge in [-0.15, -0.1) is 11.3 Å². The maximum absolute atomic E-state index is 5.74. The molecule has 0 amide bonds. The van der Waals surface area contributed by atoms with Crippen LogP contribution in [0.1, 0.15) is 0 Å². The van der Waals surface area contributed by atoms with Crippen LogP contribution in [0.3, 0.4) is 0 Å². The van der Waals surface area contributed by atoms with Gasteiger partial charge in [0, 0.05) is 10.7 Å². The first-order chi connectivity index (χ1) is 9.26. The quantitative estimate of drug-likeness (QED) is 0.564. The summed E-state index contributed by atoms with van der Waals surface area (Å²) in [7, 11) is 0. The van der Waals surface area contributed by atoms with Crippen LogP contribution in [-0.2, 0) is 0 Å². The second-order valence-corrected chi connectivity index (χ2v) is 5.39. The van der Waals surface area contributed by atoms with Crippen molar-refractivity contribution in [3.05, 3.63) is 34.4 Å². The van der Waals surface area contributed by atoms with Crippen LogP contribution in [-0.4, -0.2) is 15.0 Å². The second kappa shape index (κ2) is 5.08. The van der Waals surface area contributed by atoms with Gasteiger partial charge in [-0.25, -0.2) is 10.8 Å². The molecule has 3 heterocycles. The summed E-state index contributed by atoms with van der Waals surface area (Å²) in [5, 5.41) is 2.76. The topological polar surface area (TPSA) is 86.0 Å². The molecular formula is C11H8BrN5OS. The highest BCUT2D eigenvalue weighted by molar-refractivity contribution is 9.10. The first kappa shape index (κ1) is 12.3. The number of thiophene rings is 1. The van der Waals surface area contributed by atoms with Gasteiger partial charge in [0.05, 0.1) is 11.6 Å². The number of nitrogen functional groups attached to an aromatic ring is 1. The zero-order chi connectivity index (χ0) is 13.2. The Balaban J connectivity index is 2.06. The zero-order valence-corrected chi connectivity index (χ0v) is 11.9. The molecule has 0 aromatic carbocycles. The van der Waals surface area contributed by atoms with Crippen molar-refractivity contribution in [2.75, 3.05) is 5.43 Å². The molecule has 0 radical (unpaired) electrons. The van der Waals surface area contributed by atoms with Crippen LogP contribution < -0.4 is 16.0 Å². The van der Waals surface area contributed by atoms with Gasteiger partial charge in [0.15, 0.2) is 0 Å². The molecule has 0 saturated heterocycles. The molecule has 0 unspecified atom stereocenters. The zero-order valence-electron chi connectivity index (χ0n) is 9.50. The number of rotatable bonds is 3. The molecule has 0 bridgehead atoms. The van der Waals surface area contributed by atoms with Crippen molar-refractivity contribution >= 4 is 43.4 Å². The molecule has 0 atom stereocenters. The van der Waals surface area contributed by atoms with Gasteiger partial charge in [0.2, 0.25) is 11.8 Å². The van der Waals surface area contributed by atoms with Gasteiger partial charge in [0.1, 0.15) is 10.6 Å². The molecule has 3 rings (SSSR count). The number of ether oxygens (including phenoxy) is 1. The van der Waals surface area contributed by atoms with Crippen LogP contribution in [0.15, 0.2) is 34.4 Å². The van der Waals surface area contributed by atoms with E-state index >= 15 is 0 Å².